The Labute approximate surface area is 84.2 Å². The molecule has 3 N–H and O–H groups in total. The van der Waals surface area contributed by atoms with E-state index >= 15 is 0 Å². The average molecular weight is 205 g/mol. The second-order valence-electron chi connectivity index (χ2n) is 3.09. The van der Waals surface area contributed by atoms with E-state index in [1.54, 1.807) is 11.8 Å². The first-order valence-corrected chi connectivity index (χ1v) is 5.69. The number of nitrogens with two attached hydrogens (primary N) is 1. The lowest BCUT2D eigenvalue weighted by Crippen LogP contribution is -2.38. The molecular formula is C8H19N3OS. The summed E-state index contributed by atoms with van der Waals surface area (Å²) < 4.78 is 0. The molecule has 0 aliphatic heterocycles. The van der Waals surface area contributed by atoms with Crippen LogP contribution in [0.25, 0.3) is 0 Å². The lowest BCUT2D eigenvalue weighted by atomic mass is 10.2. The van der Waals surface area contributed by atoms with E-state index in [9.17, 15) is 4.79 Å². The van der Waals surface area contributed by atoms with Gasteiger partial charge in [0.1, 0.15) is 0 Å². The summed E-state index contributed by atoms with van der Waals surface area (Å²) >= 11 is 1.81. The van der Waals surface area contributed by atoms with E-state index < -0.39 is 0 Å². The van der Waals surface area contributed by atoms with Gasteiger partial charge >= 0.3 is 0 Å². The highest BCUT2D eigenvalue weighted by Gasteiger charge is 2.12. The highest BCUT2D eigenvalue weighted by molar-refractivity contribution is 7.98. The molecule has 0 aromatic carbocycles. The molecule has 0 aliphatic rings. The fourth-order valence-electron chi connectivity index (χ4n) is 0.939. The van der Waals surface area contributed by atoms with Crippen molar-refractivity contribution in [2.45, 2.75) is 19.4 Å². The van der Waals surface area contributed by atoms with Crippen molar-refractivity contribution in [3.05, 3.63) is 0 Å². The van der Waals surface area contributed by atoms with Gasteiger partial charge in [0.25, 0.3) is 0 Å². The molecule has 0 bridgehead atoms. The van der Waals surface area contributed by atoms with E-state index in [2.05, 4.69) is 16.6 Å². The molecule has 0 rings (SSSR count). The van der Waals surface area contributed by atoms with Crippen LogP contribution in [-0.4, -0.2) is 42.4 Å². The van der Waals surface area contributed by atoms with Crippen molar-refractivity contribution >= 4 is 17.7 Å². The molecule has 5 heteroatoms. The number of thioether (sulfide) groups is 1. The molecule has 0 fully saturated rings. The zero-order chi connectivity index (χ0) is 10.3. The number of hydrazine groups is 1. The van der Waals surface area contributed by atoms with Gasteiger partial charge in [-0.25, -0.2) is 5.84 Å². The maximum atomic E-state index is 10.9. The third kappa shape index (κ3) is 5.90. The van der Waals surface area contributed by atoms with Crippen molar-refractivity contribution in [2.24, 2.45) is 5.84 Å². The minimum Gasteiger partial charge on any atom is -0.302 e. The molecule has 0 aromatic heterocycles. The molecular weight excluding hydrogens is 186 g/mol. The van der Waals surface area contributed by atoms with Crippen LogP contribution in [0.5, 0.6) is 0 Å². The van der Waals surface area contributed by atoms with Gasteiger partial charge in [-0.2, -0.15) is 11.8 Å². The predicted octanol–water partition coefficient (Wildman–Crippen LogP) is 0.0497. The number of carbonyl (C=O) groups excluding carboxylic acids is 1. The van der Waals surface area contributed by atoms with Crippen LogP contribution in [0.4, 0.5) is 0 Å². The van der Waals surface area contributed by atoms with Crippen molar-refractivity contribution in [1.29, 1.82) is 0 Å². The van der Waals surface area contributed by atoms with E-state index in [0.29, 0.717) is 6.42 Å². The Morgan fingerprint density at radius 3 is 2.77 bits per heavy atom. The summed E-state index contributed by atoms with van der Waals surface area (Å²) in [5.41, 5.74) is 2.14. The van der Waals surface area contributed by atoms with Crippen LogP contribution in [0.15, 0.2) is 0 Å². The molecule has 1 amide bonds. The average Bonchev–Trinajstić information content (AvgIpc) is 2.13. The third-order valence-electron chi connectivity index (χ3n) is 2.04. The molecule has 0 heterocycles. The first kappa shape index (κ1) is 12.7. The highest BCUT2D eigenvalue weighted by atomic mass is 32.2. The van der Waals surface area contributed by atoms with Crippen molar-refractivity contribution in [2.75, 3.05) is 25.6 Å². The summed E-state index contributed by atoms with van der Waals surface area (Å²) in [6.45, 7) is 3.02. The standard InChI is InChI=1S/C8H19N3OS/c1-7(6-8(12)10-9)11(2)4-5-13-3/h7H,4-6,9H2,1-3H3,(H,10,12). The zero-order valence-electron chi connectivity index (χ0n) is 8.54. The number of hydrogen-bond acceptors (Lipinski definition) is 4. The van der Waals surface area contributed by atoms with Crippen LogP contribution in [-0.2, 0) is 4.79 Å². The molecule has 0 aromatic rings. The molecule has 4 nitrogen and oxygen atoms in total. The Kier molecular flexibility index (Phi) is 7.03. The first-order valence-electron chi connectivity index (χ1n) is 4.30. The largest absolute Gasteiger partial charge is 0.302 e. The molecule has 0 aliphatic carbocycles. The quantitative estimate of drug-likeness (QED) is 0.365. The number of rotatable bonds is 6. The maximum Gasteiger partial charge on any atom is 0.235 e. The Bertz CT molecular complexity index is 154. The molecule has 1 unspecified atom stereocenters. The van der Waals surface area contributed by atoms with Crippen molar-refractivity contribution < 1.29 is 4.79 Å². The Morgan fingerprint density at radius 2 is 2.31 bits per heavy atom. The summed E-state index contributed by atoms with van der Waals surface area (Å²) in [7, 11) is 2.02. The summed E-state index contributed by atoms with van der Waals surface area (Å²) in [4.78, 5) is 13.1. The molecule has 1 atom stereocenters. The van der Waals surface area contributed by atoms with E-state index in [1.807, 2.05) is 14.0 Å². The second kappa shape index (κ2) is 7.17. The zero-order valence-corrected chi connectivity index (χ0v) is 9.36. The number of carbonyl (C=O) groups is 1. The Morgan fingerprint density at radius 1 is 1.69 bits per heavy atom. The highest BCUT2D eigenvalue weighted by Crippen LogP contribution is 2.02. The Balaban J connectivity index is 3.68. The van der Waals surface area contributed by atoms with Gasteiger partial charge in [-0.05, 0) is 20.2 Å². The smallest absolute Gasteiger partial charge is 0.235 e. The van der Waals surface area contributed by atoms with Crippen molar-refractivity contribution in [3.8, 4) is 0 Å². The minimum absolute atomic E-state index is 0.108. The van der Waals surface area contributed by atoms with Crippen LogP contribution < -0.4 is 11.3 Å². The third-order valence-corrected chi connectivity index (χ3v) is 2.63. The fraction of sp³-hybridized carbons (Fsp3) is 0.875. The lowest BCUT2D eigenvalue weighted by Gasteiger charge is -2.23. The minimum atomic E-state index is -0.108. The van der Waals surface area contributed by atoms with Crippen LogP contribution in [0, 0.1) is 0 Å². The normalized spacial score (nSPS) is 13.0. The van der Waals surface area contributed by atoms with Crippen LogP contribution in [0.1, 0.15) is 13.3 Å². The molecule has 78 valence electrons. The summed E-state index contributed by atoms with van der Waals surface area (Å²) in [5.74, 6) is 5.98. The van der Waals surface area contributed by atoms with E-state index in [0.717, 1.165) is 12.3 Å². The van der Waals surface area contributed by atoms with Crippen molar-refractivity contribution in [3.63, 3.8) is 0 Å². The predicted molar refractivity (Wildman–Crippen MR) is 57.4 cm³/mol. The van der Waals surface area contributed by atoms with Gasteiger partial charge < -0.3 is 4.90 Å². The second-order valence-corrected chi connectivity index (χ2v) is 4.08. The molecule has 13 heavy (non-hydrogen) atoms. The molecule has 0 radical (unpaired) electrons. The number of hydrogen-bond donors (Lipinski definition) is 2. The van der Waals surface area contributed by atoms with E-state index in [-0.39, 0.29) is 11.9 Å². The first-order chi connectivity index (χ1) is 6.11. The van der Waals surface area contributed by atoms with Gasteiger partial charge in [-0.15, -0.1) is 0 Å². The van der Waals surface area contributed by atoms with Crippen molar-refractivity contribution in [1.82, 2.24) is 10.3 Å². The van der Waals surface area contributed by atoms with E-state index in [4.69, 9.17) is 5.84 Å². The summed E-state index contributed by atoms with van der Waals surface area (Å²) in [5, 5.41) is 0. The Hall–Kier alpha value is -0.260. The number of nitrogens with zero attached hydrogens (tertiary/aromatic N) is 1. The number of amides is 1. The van der Waals surface area contributed by atoms with Gasteiger partial charge in [0.2, 0.25) is 5.91 Å². The lowest BCUT2D eigenvalue weighted by molar-refractivity contribution is -0.122. The summed E-state index contributed by atoms with van der Waals surface area (Å²) in [6, 6.07) is 0.246. The SMILES string of the molecule is CSCCN(C)C(C)CC(=O)NN. The topological polar surface area (TPSA) is 58.4 Å². The van der Waals surface area contributed by atoms with Gasteiger partial charge in [-0.3, -0.25) is 10.2 Å². The molecule has 0 saturated heterocycles. The summed E-state index contributed by atoms with van der Waals surface area (Å²) in [6.07, 6.45) is 2.53. The van der Waals surface area contributed by atoms with Gasteiger partial charge in [0.15, 0.2) is 0 Å². The molecule has 0 saturated carbocycles. The van der Waals surface area contributed by atoms with Gasteiger partial charge in [0.05, 0.1) is 0 Å². The maximum absolute atomic E-state index is 10.9. The molecule has 0 spiro atoms. The van der Waals surface area contributed by atoms with E-state index in [1.165, 1.54) is 0 Å². The van der Waals surface area contributed by atoms with Gasteiger partial charge in [-0.1, -0.05) is 0 Å². The van der Waals surface area contributed by atoms with Gasteiger partial charge in [0, 0.05) is 24.8 Å². The van der Waals surface area contributed by atoms with Crippen LogP contribution in [0.3, 0.4) is 0 Å². The fourth-order valence-corrected chi connectivity index (χ4v) is 1.41. The van der Waals surface area contributed by atoms with Crippen LogP contribution in [0.2, 0.25) is 0 Å². The van der Waals surface area contributed by atoms with Crippen LogP contribution >= 0.6 is 11.8 Å². The monoisotopic (exact) mass is 205 g/mol. The number of nitrogens with one attached hydrogen (secondary N) is 1.